The Labute approximate surface area is 133 Å². The molecule has 1 heterocycles. The number of halogens is 1. The zero-order chi connectivity index (χ0) is 16.6. The van der Waals surface area contributed by atoms with E-state index in [0.717, 1.165) is 16.5 Å². The first-order valence-corrected chi connectivity index (χ1v) is 7.05. The number of aryl methyl sites for hydroxylation is 1. The lowest BCUT2D eigenvalue weighted by Gasteiger charge is -2.12. The van der Waals surface area contributed by atoms with E-state index in [2.05, 4.69) is 4.98 Å². The number of hydrogen-bond acceptors (Lipinski definition) is 4. The second-order valence-electron chi connectivity index (χ2n) is 5.22. The number of pyridine rings is 1. The summed E-state index contributed by atoms with van der Waals surface area (Å²) in [5, 5.41) is 10.8. The van der Waals surface area contributed by atoms with Crippen molar-refractivity contribution in [2.45, 2.75) is 6.92 Å². The van der Waals surface area contributed by atoms with Crippen LogP contribution in [0.2, 0.25) is 0 Å². The average molecular weight is 313 g/mol. The summed E-state index contributed by atoms with van der Waals surface area (Å²) in [6.45, 7) is 1.90. The van der Waals surface area contributed by atoms with E-state index in [4.69, 9.17) is 9.47 Å². The van der Waals surface area contributed by atoms with Gasteiger partial charge in [0.05, 0.1) is 25.4 Å². The topological polar surface area (TPSA) is 51.6 Å². The van der Waals surface area contributed by atoms with Crippen molar-refractivity contribution in [2.24, 2.45) is 0 Å². The van der Waals surface area contributed by atoms with Crippen LogP contribution in [0.15, 0.2) is 36.4 Å². The number of aromatic nitrogens is 1. The van der Waals surface area contributed by atoms with Crippen LogP contribution in [0.4, 0.5) is 4.39 Å². The van der Waals surface area contributed by atoms with Crippen molar-refractivity contribution in [3.05, 3.63) is 47.8 Å². The summed E-state index contributed by atoms with van der Waals surface area (Å²) in [6, 6.07) is 9.75. The Morgan fingerprint density at radius 2 is 1.65 bits per heavy atom. The van der Waals surface area contributed by atoms with Crippen LogP contribution in [-0.2, 0) is 0 Å². The first-order valence-electron chi connectivity index (χ1n) is 7.05. The van der Waals surface area contributed by atoms with Crippen LogP contribution in [-0.4, -0.2) is 24.3 Å². The Balaban J connectivity index is 2.22. The molecule has 0 saturated carbocycles. The minimum atomic E-state index is -0.289. The minimum Gasteiger partial charge on any atom is -0.502 e. The molecule has 3 aromatic rings. The maximum absolute atomic E-state index is 13.4. The van der Waals surface area contributed by atoms with E-state index in [9.17, 15) is 9.50 Å². The van der Waals surface area contributed by atoms with E-state index in [1.54, 1.807) is 18.2 Å². The Morgan fingerprint density at radius 1 is 1.00 bits per heavy atom. The highest BCUT2D eigenvalue weighted by atomic mass is 19.1. The van der Waals surface area contributed by atoms with E-state index >= 15 is 0 Å². The van der Waals surface area contributed by atoms with Gasteiger partial charge in [0, 0.05) is 10.9 Å². The average Bonchev–Trinajstić information content (AvgIpc) is 2.55. The quantitative estimate of drug-likeness (QED) is 0.792. The second-order valence-corrected chi connectivity index (χ2v) is 5.22. The highest BCUT2D eigenvalue weighted by Gasteiger charge is 2.14. The lowest BCUT2D eigenvalue weighted by atomic mass is 10.0. The van der Waals surface area contributed by atoms with Crippen molar-refractivity contribution < 1.29 is 19.0 Å². The third kappa shape index (κ3) is 2.65. The van der Waals surface area contributed by atoms with Gasteiger partial charge in [-0.15, -0.1) is 0 Å². The normalized spacial score (nSPS) is 10.8. The Bertz CT molecular complexity index is 868. The largest absolute Gasteiger partial charge is 0.502 e. The molecule has 0 saturated heterocycles. The molecule has 1 aromatic heterocycles. The minimum absolute atomic E-state index is 0.0571. The van der Waals surface area contributed by atoms with Crippen molar-refractivity contribution in [1.29, 1.82) is 0 Å². The molecule has 0 aliphatic carbocycles. The molecular weight excluding hydrogens is 297 g/mol. The molecule has 5 heteroatoms. The monoisotopic (exact) mass is 313 g/mol. The summed E-state index contributed by atoms with van der Waals surface area (Å²) in [5.41, 5.74) is 3.05. The molecule has 1 N–H and O–H groups in total. The number of methoxy groups -OCH3 is 2. The smallest absolute Gasteiger partial charge is 0.200 e. The summed E-state index contributed by atoms with van der Waals surface area (Å²) in [7, 11) is 2.94. The van der Waals surface area contributed by atoms with Gasteiger partial charge in [0.1, 0.15) is 5.82 Å². The van der Waals surface area contributed by atoms with Gasteiger partial charge in [0.25, 0.3) is 0 Å². The van der Waals surface area contributed by atoms with Crippen LogP contribution in [0, 0.1) is 12.7 Å². The van der Waals surface area contributed by atoms with Crippen molar-refractivity contribution >= 4 is 10.9 Å². The van der Waals surface area contributed by atoms with Gasteiger partial charge in [-0.05, 0) is 48.9 Å². The molecule has 3 rings (SSSR count). The van der Waals surface area contributed by atoms with Gasteiger partial charge in [0.2, 0.25) is 5.75 Å². The molecule has 118 valence electrons. The van der Waals surface area contributed by atoms with Crippen LogP contribution < -0.4 is 9.47 Å². The molecule has 0 spiro atoms. The predicted molar refractivity (Wildman–Crippen MR) is 86.6 cm³/mol. The molecule has 2 aromatic carbocycles. The van der Waals surface area contributed by atoms with Gasteiger partial charge in [-0.1, -0.05) is 0 Å². The highest BCUT2D eigenvalue weighted by molar-refractivity contribution is 5.85. The molecule has 0 atom stereocenters. The number of benzene rings is 2. The molecule has 0 aliphatic rings. The zero-order valence-corrected chi connectivity index (χ0v) is 13.1. The maximum atomic E-state index is 13.4. The number of phenolic OH excluding ortho intramolecular Hbond substituents is 1. The molecular formula is C18H16FNO3. The number of aromatic hydroxyl groups is 1. The first-order chi connectivity index (χ1) is 11.0. The third-order valence-electron chi connectivity index (χ3n) is 3.75. The predicted octanol–water partition coefficient (Wildman–Crippen LogP) is 4.07. The van der Waals surface area contributed by atoms with Gasteiger partial charge < -0.3 is 14.6 Å². The number of nitrogens with zero attached hydrogens (tertiary/aromatic N) is 1. The van der Waals surface area contributed by atoms with Crippen LogP contribution in [0.5, 0.6) is 17.2 Å². The number of ether oxygens (including phenoxy) is 2. The Hall–Kier alpha value is -2.82. The summed E-state index contributed by atoms with van der Waals surface area (Å²) in [4.78, 5) is 4.57. The molecule has 0 aliphatic heterocycles. The molecule has 0 radical (unpaired) electrons. The fourth-order valence-electron chi connectivity index (χ4n) is 2.56. The fraction of sp³-hybridized carbons (Fsp3) is 0.167. The van der Waals surface area contributed by atoms with E-state index in [-0.39, 0.29) is 11.6 Å². The van der Waals surface area contributed by atoms with Gasteiger partial charge in [-0.2, -0.15) is 0 Å². The van der Waals surface area contributed by atoms with Crippen molar-refractivity contribution in [3.63, 3.8) is 0 Å². The molecule has 0 fully saturated rings. The van der Waals surface area contributed by atoms with E-state index in [0.29, 0.717) is 22.7 Å². The molecule has 4 nitrogen and oxygen atoms in total. The Morgan fingerprint density at radius 3 is 2.26 bits per heavy atom. The van der Waals surface area contributed by atoms with Crippen LogP contribution in [0.25, 0.3) is 22.2 Å². The molecule has 0 unspecified atom stereocenters. The van der Waals surface area contributed by atoms with E-state index in [1.165, 1.54) is 26.4 Å². The molecule has 0 amide bonds. The summed E-state index contributed by atoms with van der Waals surface area (Å²) in [5.74, 6) is 0.262. The summed E-state index contributed by atoms with van der Waals surface area (Å²) < 4.78 is 23.7. The van der Waals surface area contributed by atoms with Gasteiger partial charge in [-0.25, -0.2) is 9.37 Å². The number of phenols is 1. The lowest BCUT2D eigenvalue weighted by Crippen LogP contribution is -1.93. The van der Waals surface area contributed by atoms with Crippen molar-refractivity contribution in [1.82, 2.24) is 4.98 Å². The second kappa shape index (κ2) is 5.76. The third-order valence-corrected chi connectivity index (χ3v) is 3.75. The lowest BCUT2D eigenvalue weighted by molar-refractivity contribution is 0.340. The summed E-state index contributed by atoms with van der Waals surface area (Å²) in [6.07, 6.45) is 0. The Kier molecular flexibility index (Phi) is 3.78. The van der Waals surface area contributed by atoms with E-state index < -0.39 is 0 Å². The van der Waals surface area contributed by atoms with Gasteiger partial charge in [0.15, 0.2) is 11.5 Å². The standard InChI is InChI=1S/C18H16FNO3/c1-10-6-15(20-14-5-4-12(19)9-13(10)14)11-7-16(22-2)18(21)17(8-11)23-3/h4-9,21H,1-3H3. The van der Waals surface area contributed by atoms with E-state index in [1.807, 2.05) is 13.0 Å². The maximum Gasteiger partial charge on any atom is 0.200 e. The van der Waals surface area contributed by atoms with Crippen LogP contribution >= 0.6 is 0 Å². The van der Waals surface area contributed by atoms with Gasteiger partial charge in [-0.3, -0.25) is 0 Å². The fourth-order valence-corrected chi connectivity index (χ4v) is 2.56. The van der Waals surface area contributed by atoms with Crippen molar-refractivity contribution in [3.8, 4) is 28.5 Å². The molecule has 0 bridgehead atoms. The first kappa shape index (κ1) is 15.1. The van der Waals surface area contributed by atoms with Crippen LogP contribution in [0.3, 0.4) is 0 Å². The highest BCUT2D eigenvalue weighted by Crippen LogP contribution is 2.40. The van der Waals surface area contributed by atoms with Crippen molar-refractivity contribution in [2.75, 3.05) is 14.2 Å². The molecule has 23 heavy (non-hydrogen) atoms. The van der Waals surface area contributed by atoms with Crippen LogP contribution in [0.1, 0.15) is 5.56 Å². The summed E-state index contributed by atoms with van der Waals surface area (Å²) >= 11 is 0. The number of hydrogen-bond donors (Lipinski definition) is 1. The number of fused-ring (bicyclic) bond motifs is 1. The number of rotatable bonds is 3. The zero-order valence-electron chi connectivity index (χ0n) is 13.1. The SMILES string of the molecule is COc1cc(-c2cc(C)c3cc(F)ccc3n2)cc(OC)c1O. The van der Waals surface area contributed by atoms with Gasteiger partial charge >= 0.3 is 0 Å².